The smallest absolute Gasteiger partial charge is 0.330 e. The molecule has 6 nitrogen and oxygen atoms in total. The number of hydrogen-bond donors (Lipinski definition) is 3. The van der Waals surface area contributed by atoms with E-state index in [0.29, 0.717) is 17.6 Å². The zero-order valence-corrected chi connectivity index (χ0v) is 12.6. The SMILES string of the molecule is CCCCn1c(N)c(NCC2(C3CC3)CC2)c(=O)[nH]c1=O. The molecule has 2 aliphatic rings. The molecule has 0 atom stereocenters. The van der Waals surface area contributed by atoms with Crippen LogP contribution in [0.3, 0.4) is 0 Å². The molecule has 3 rings (SSSR count). The first-order valence-electron chi connectivity index (χ1n) is 7.94. The van der Waals surface area contributed by atoms with Gasteiger partial charge in [-0.1, -0.05) is 13.3 Å². The summed E-state index contributed by atoms with van der Waals surface area (Å²) in [6.07, 6.45) is 6.92. The Balaban J connectivity index is 1.80. The van der Waals surface area contributed by atoms with Gasteiger partial charge in [-0.25, -0.2) is 4.79 Å². The molecule has 0 radical (unpaired) electrons. The highest BCUT2D eigenvalue weighted by molar-refractivity contribution is 5.60. The highest BCUT2D eigenvalue weighted by Gasteiger charge is 2.53. The second-order valence-electron chi connectivity index (χ2n) is 6.51. The summed E-state index contributed by atoms with van der Waals surface area (Å²) in [7, 11) is 0. The maximum absolute atomic E-state index is 12.0. The minimum absolute atomic E-state index is 0.267. The Labute approximate surface area is 123 Å². The van der Waals surface area contributed by atoms with Crippen molar-refractivity contribution in [3.8, 4) is 0 Å². The Kier molecular flexibility index (Phi) is 3.55. The van der Waals surface area contributed by atoms with Gasteiger partial charge < -0.3 is 11.1 Å². The molecule has 0 amide bonds. The lowest BCUT2D eigenvalue weighted by atomic mass is 10.0. The third kappa shape index (κ3) is 2.71. The average molecular weight is 292 g/mol. The van der Waals surface area contributed by atoms with Crippen LogP contribution in [0.15, 0.2) is 9.59 Å². The number of aromatic nitrogens is 2. The van der Waals surface area contributed by atoms with Crippen molar-refractivity contribution < 1.29 is 0 Å². The average Bonchev–Trinajstić information content (AvgIpc) is 3.30. The van der Waals surface area contributed by atoms with Crippen LogP contribution in [0.25, 0.3) is 0 Å². The predicted molar refractivity (Wildman–Crippen MR) is 83.5 cm³/mol. The van der Waals surface area contributed by atoms with E-state index in [1.165, 1.54) is 30.3 Å². The molecule has 4 N–H and O–H groups in total. The van der Waals surface area contributed by atoms with Crippen molar-refractivity contribution in [2.24, 2.45) is 11.3 Å². The third-order valence-corrected chi connectivity index (χ3v) is 4.93. The van der Waals surface area contributed by atoms with Crippen LogP contribution in [-0.4, -0.2) is 16.1 Å². The van der Waals surface area contributed by atoms with Gasteiger partial charge >= 0.3 is 5.69 Å². The van der Waals surface area contributed by atoms with E-state index < -0.39 is 11.2 Å². The number of hydrogen-bond acceptors (Lipinski definition) is 4. The number of nitrogens with zero attached hydrogens (tertiary/aromatic N) is 1. The standard InChI is InChI=1S/C15H24N4O2/c1-2-3-8-19-12(16)11(13(20)18-14(19)21)17-9-15(6-7-15)10-4-5-10/h10,17H,2-9,16H2,1H3,(H,18,20,21). The fourth-order valence-electron chi connectivity index (χ4n) is 3.15. The van der Waals surface area contributed by atoms with Crippen LogP contribution in [0.4, 0.5) is 11.5 Å². The van der Waals surface area contributed by atoms with Crippen molar-refractivity contribution in [3.05, 3.63) is 20.8 Å². The first-order valence-corrected chi connectivity index (χ1v) is 7.94. The number of nitrogens with two attached hydrogens (primary N) is 1. The first-order chi connectivity index (χ1) is 10.1. The van der Waals surface area contributed by atoms with E-state index in [2.05, 4.69) is 17.2 Å². The molecule has 1 aromatic rings. The van der Waals surface area contributed by atoms with Gasteiger partial charge in [0, 0.05) is 13.1 Å². The van der Waals surface area contributed by atoms with Crippen molar-refractivity contribution in [3.63, 3.8) is 0 Å². The predicted octanol–water partition coefficient (Wildman–Crippen LogP) is 1.52. The molecule has 1 heterocycles. The van der Waals surface area contributed by atoms with Crippen LogP contribution in [0, 0.1) is 11.3 Å². The fourth-order valence-corrected chi connectivity index (χ4v) is 3.15. The van der Waals surface area contributed by atoms with E-state index in [1.54, 1.807) is 0 Å². The van der Waals surface area contributed by atoms with Crippen molar-refractivity contribution in [2.45, 2.75) is 52.0 Å². The topological polar surface area (TPSA) is 92.9 Å². The summed E-state index contributed by atoms with van der Waals surface area (Å²) in [5.41, 5.74) is 5.96. The van der Waals surface area contributed by atoms with E-state index in [0.717, 1.165) is 25.3 Å². The molecule has 6 heteroatoms. The maximum Gasteiger partial charge on any atom is 0.330 e. The molecule has 116 valence electrons. The number of unbranched alkanes of at least 4 members (excludes halogenated alkanes) is 1. The van der Waals surface area contributed by atoms with Crippen molar-refractivity contribution in [2.75, 3.05) is 17.6 Å². The summed E-state index contributed by atoms with van der Waals surface area (Å²) in [5, 5.41) is 3.22. The molecule has 0 bridgehead atoms. The van der Waals surface area contributed by atoms with Gasteiger partial charge in [-0.2, -0.15) is 0 Å². The molecule has 1 aromatic heterocycles. The maximum atomic E-state index is 12.0. The molecule has 2 aliphatic carbocycles. The lowest BCUT2D eigenvalue weighted by molar-refractivity contribution is 0.466. The summed E-state index contributed by atoms with van der Waals surface area (Å²) in [6.45, 7) is 3.38. The largest absolute Gasteiger partial charge is 0.383 e. The van der Waals surface area contributed by atoms with Crippen LogP contribution in [0.1, 0.15) is 45.4 Å². The summed E-state index contributed by atoms with van der Waals surface area (Å²) in [4.78, 5) is 26.2. The Hall–Kier alpha value is -1.72. The zero-order chi connectivity index (χ0) is 15.0. The number of nitrogen functional groups attached to an aromatic ring is 1. The van der Waals surface area contributed by atoms with Crippen LogP contribution in [0.5, 0.6) is 0 Å². The molecule has 0 saturated heterocycles. The molecular weight excluding hydrogens is 268 g/mol. The van der Waals surface area contributed by atoms with Crippen molar-refractivity contribution >= 4 is 11.5 Å². The first kappa shape index (κ1) is 14.2. The Morgan fingerprint density at radius 1 is 1.38 bits per heavy atom. The Morgan fingerprint density at radius 2 is 2.10 bits per heavy atom. The van der Waals surface area contributed by atoms with E-state index in [4.69, 9.17) is 5.73 Å². The molecule has 0 spiro atoms. The monoisotopic (exact) mass is 292 g/mol. The van der Waals surface area contributed by atoms with E-state index in [9.17, 15) is 9.59 Å². The number of aromatic amines is 1. The van der Waals surface area contributed by atoms with Gasteiger partial charge in [0.2, 0.25) is 0 Å². The van der Waals surface area contributed by atoms with Crippen LogP contribution in [0.2, 0.25) is 0 Å². The highest BCUT2D eigenvalue weighted by Crippen LogP contribution is 2.61. The van der Waals surface area contributed by atoms with Crippen LogP contribution >= 0.6 is 0 Å². The van der Waals surface area contributed by atoms with Gasteiger partial charge in [0.05, 0.1) is 0 Å². The lowest BCUT2D eigenvalue weighted by Gasteiger charge is -2.18. The molecule has 0 aliphatic heterocycles. The minimum atomic E-state index is -0.417. The van der Waals surface area contributed by atoms with E-state index in [1.807, 2.05) is 0 Å². The van der Waals surface area contributed by atoms with Gasteiger partial charge in [-0.3, -0.25) is 14.3 Å². The molecule has 2 saturated carbocycles. The van der Waals surface area contributed by atoms with E-state index in [-0.39, 0.29) is 5.82 Å². The second kappa shape index (κ2) is 5.24. The number of rotatable bonds is 7. The quantitative estimate of drug-likeness (QED) is 0.710. The number of anilines is 2. The number of H-pyrrole nitrogens is 1. The molecule has 2 fully saturated rings. The van der Waals surface area contributed by atoms with Crippen molar-refractivity contribution in [1.29, 1.82) is 0 Å². The van der Waals surface area contributed by atoms with Crippen molar-refractivity contribution in [1.82, 2.24) is 9.55 Å². The van der Waals surface area contributed by atoms with Gasteiger partial charge in [-0.15, -0.1) is 0 Å². The van der Waals surface area contributed by atoms with Gasteiger partial charge in [0.15, 0.2) is 0 Å². The molecule has 0 aromatic carbocycles. The fraction of sp³-hybridized carbons (Fsp3) is 0.733. The lowest BCUT2D eigenvalue weighted by Crippen LogP contribution is -2.35. The summed E-state index contributed by atoms with van der Waals surface area (Å²) < 4.78 is 1.46. The summed E-state index contributed by atoms with van der Waals surface area (Å²) >= 11 is 0. The van der Waals surface area contributed by atoms with E-state index >= 15 is 0 Å². The van der Waals surface area contributed by atoms with Gasteiger partial charge in [0.1, 0.15) is 11.5 Å². The highest BCUT2D eigenvalue weighted by atomic mass is 16.2. The third-order valence-electron chi connectivity index (χ3n) is 4.93. The molecular formula is C15H24N4O2. The zero-order valence-electron chi connectivity index (χ0n) is 12.6. The Morgan fingerprint density at radius 3 is 2.67 bits per heavy atom. The summed E-state index contributed by atoms with van der Waals surface area (Å²) in [5.74, 6) is 1.08. The van der Waals surface area contributed by atoms with Crippen LogP contribution < -0.4 is 22.3 Å². The van der Waals surface area contributed by atoms with Gasteiger partial charge in [-0.05, 0) is 43.4 Å². The number of nitrogens with one attached hydrogen (secondary N) is 2. The molecule has 0 unspecified atom stereocenters. The molecule has 21 heavy (non-hydrogen) atoms. The summed E-state index contributed by atoms with van der Waals surface area (Å²) in [6, 6.07) is 0. The van der Waals surface area contributed by atoms with Gasteiger partial charge in [0.25, 0.3) is 5.56 Å². The second-order valence-corrected chi connectivity index (χ2v) is 6.51. The normalized spacial score (nSPS) is 19.5. The minimum Gasteiger partial charge on any atom is -0.383 e. The Bertz CT molecular complexity index is 638. The van der Waals surface area contributed by atoms with Crippen LogP contribution in [-0.2, 0) is 6.54 Å².